The van der Waals surface area contributed by atoms with Gasteiger partial charge in [0.15, 0.2) is 0 Å². The number of aromatic hydroxyl groups is 1. The monoisotopic (exact) mass is 283 g/mol. The average Bonchev–Trinajstić information content (AvgIpc) is 2.96. The van der Waals surface area contributed by atoms with Crippen LogP contribution in [0.2, 0.25) is 0 Å². The van der Waals surface area contributed by atoms with Crippen molar-refractivity contribution in [3.05, 3.63) is 48.5 Å². The van der Waals surface area contributed by atoms with Crippen molar-refractivity contribution in [2.24, 2.45) is 0 Å². The van der Waals surface area contributed by atoms with Crippen molar-refractivity contribution in [1.82, 2.24) is 10.2 Å². The van der Waals surface area contributed by atoms with E-state index in [0.717, 1.165) is 0 Å². The molecule has 0 saturated carbocycles. The van der Waals surface area contributed by atoms with Crippen LogP contribution in [0.4, 0.5) is 11.7 Å². The fourth-order valence-corrected chi connectivity index (χ4v) is 1.90. The third-order valence-electron chi connectivity index (χ3n) is 2.91. The van der Waals surface area contributed by atoms with Crippen LogP contribution in [0.3, 0.4) is 0 Å². The quantitative estimate of drug-likeness (QED) is 0.765. The summed E-state index contributed by atoms with van der Waals surface area (Å²) in [5.74, 6) is 0.996. The minimum atomic E-state index is 0.0880. The molecule has 0 radical (unpaired) electrons. The van der Waals surface area contributed by atoms with E-state index >= 15 is 0 Å². The normalized spacial score (nSPS) is 10.3. The number of para-hydroxylation sites is 3. The maximum absolute atomic E-state index is 9.78. The molecule has 2 N–H and O–H groups in total. The minimum Gasteiger partial charge on any atom is -0.507 e. The Kier molecular flexibility index (Phi) is 3.42. The number of aromatic nitrogens is 2. The molecule has 2 aromatic carbocycles. The van der Waals surface area contributed by atoms with Crippen LogP contribution in [0, 0.1) is 0 Å². The van der Waals surface area contributed by atoms with Gasteiger partial charge in [-0.05, 0) is 24.3 Å². The first-order valence-electron chi connectivity index (χ1n) is 6.30. The highest BCUT2D eigenvalue weighted by molar-refractivity contribution is 5.64. The molecule has 1 aromatic heterocycles. The fraction of sp³-hybridized carbons (Fsp3) is 0.0667. The number of phenols is 1. The molecule has 0 aliphatic rings. The Labute approximate surface area is 121 Å². The van der Waals surface area contributed by atoms with Crippen molar-refractivity contribution in [2.75, 3.05) is 12.4 Å². The number of phenolic OH excluding ortho intramolecular Hbond substituents is 1. The number of ether oxygens (including phenoxy) is 1. The Balaban J connectivity index is 1.87. The summed E-state index contributed by atoms with van der Waals surface area (Å²) in [6, 6.07) is 14.4. The van der Waals surface area contributed by atoms with Crippen molar-refractivity contribution < 1.29 is 14.3 Å². The van der Waals surface area contributed by atoms with E-state index in [9.17, 15) is 5.11 Å². The molecule has 106 valence electrons. The molecule has 0 fully saturated rings. The van der Waals surface area contributed by atoms with E-state index in [1.54, 1.807) is 31.4 Å². The van der Waals surface area contributed by atoms with Gasteiger partial charge < -0.3 is 19.6 Å². The van der Waals surface area contributed by atoms with E-state index in [2.05, 4.69) is 15.5 Å². The fourth-order valence-electron chi connectivity index (χ4n) is 1.90. The second-order valence-electron chi connectivity index (χ2n) is 4.25. The lowest BCUT2D eigenvalue weighted by Gasteiger charge is -2.06. The first kappa shape index (κ1) is 13.0. The molecule has 0 bridgehead atoms. The number of rotatable bonds is 4. The van der Waals surface area contributed by atoms with Crippen LogP contribution in [0.5, 0.6) is 11.5 Å². The summed E-state index contributed by atoms with van der Waals surface area (Å²) in [6.07, 6.45) is 0. The summed E-state index contributed by atoms with van der Waals surface area (Å²) < 4.78 is 10.7. The molecule has 6 nitrogen and oxygen atoms in total. The molecule has 21 heavy (non-hydrogen) atoms. The summed E-state index contributed by atoms with van der Waals surface area (Å²) in [5.41, 5.74) is 1.20. The zero-order chi connectivity index (χ0) is 14.7. The Bertz CT molecular complexity index is 755. The van der Waals surface area contributed by atoms with Gasteiger partial charge in [0.25, 0.3) is 5.89 Å². The van der Waals surface area contributed by atoms with Gasteiger partial charge in [0.1, 0.15) is 11.5 Å². The third-order valence-corrected chi connectivity index (χ3v) is 2.91. The van der Waals surface area contributed by atoms with Crippen LogP contribution in [0.1, 0.15) is 0 Å². The molecule has 0 spiro atoms. The lowest BCUT2D eigenvalue weighted by Crippen LogP contribution is -1.94. The van der Waals surface area contributed by atoms with Crippen molar-refractivity contribution in [2.45, 2.75) is 0 Å². The van der Waals surface area contributed by atoms with Gasteiger partial charge in [-0.15, -0.1) is 5.10 Å². The molecule has 0 atom stereocenters. The number of nitrogens with zero attached hydrogens (tertiary/aromatic N) is 2. The molecule has 3 rings (SSSR count). The van der Waals surface area contributed by atoms with Crippen molar-refractivity contribution in [3.8, 4) is 23.0 Å². The molecular formula is C15H13N3O3. The van der Waals surface area contributed by atoms with Gasteiger partial charge >= 0.3 is 6.01 Å². The van der Waals surface area contributed by atoms with E-state index in [1.807, 2.05) is 24.3 Å². The molecule has 0 amide bonds. The van der Waals surface area contributed by atoms with Crippen LogP contribution >= 0.6 is 0 Å². The largest absolute Gasteiger partial charge is 0.507 e. The number of benzene rings is 2. The Morgan fingerprint density at radius 2 is 1.81 bits per heavy atom. The lowest BCUT2D eigenvalue weighted by molar-refractivity contribution is 0.416. The van der Waals surface area contributed by atoms with Crippen molar-refractivity contribution >= 4 is 11.7 Å². The molecule has 0 saturated heterocycles. The first-order chi connectivity index (χ1) is 10.3. The highest BCUT2D eigenvalue weighted by Crippen LogP contribution is 2.30. The molecule has 0 aliphatic carbocycles. The summed E-state index contributed by atoms with van der Waals surface area (Å²) in [6.45, 7) is 0. The van der Waals surface area contributed by atoms with E-state index in [1.165, 1.54) is 0 Å². The van der Waals surface area contributed by atoms with Crippen LogP contribution in [0.15, 0.2) is 52.9 Å². The summed E-state index contributed by atoms with van der Waals surface area (Å²) >= 11 is 0. The second-order valence-corrected chi connectivity index (χ2v) is 4.25. The number of nitrogens with one attached hydrogen (secondary N) is 1. The van der Waals surface area contributed by atoms with Crippen molar-refractivity contribution in [3.63, 3.8) is 0 Å². The number of anilines is 2. The highest BCUT2D eigenvalue weighted by atomic mass is 16.5. The standard InChI is InChI=1S/C15H13N3O3/c1-20-13-9-5-3-7-11(13)16-15-18-17-14(21-15)10-6-2-4-8-12(10)19/h2-9,19H,1H3,(H,16,18). The predicted molar refractivity (Wildman–Crippen MR) is 77.7 cm³/mol. The maximum atomic E-state index is 9.78. The van der Waals surface area contributed by atoms with E-state index in [0.29, 0.717) is 17.0 Å². The van der Waals surface area contributed by atoms with Crippen LogP contribution in [-0.2, 0) is 0 Å². The van der Waals surface area contributed by atoms with Gasteiger partial charge in [-0.25, -0.2) is 0 Å². The zero-order valence-corrected chi connectivity index (χ0v) is 11.3. The van der Waals surface area contributed by atoms with Gasteiger partial charge in [0.05, 0.1) is 18.4 Å². The van der Waals surface area contributed by atoms with Gasteiger partial charge in [-0.1, -0.05) is 29.4 Å². The Morgan fingerprint density at radius 1 is 1.05 bits per heavy atom. The Hall–Kier alpha value is -3.02. The first-order valence-corrected chi connectivity index (χ1v) is 6.30. The predicted octanol–water partition coefficient (Wildman–Crippen LogP) is 3.19. The van der Waals surface area contributed by atoms with E-state index < -0.39 is 0 Å². The average molecular weight is 283 g/mol. The zero-order valence-electron chi connectivity index (χ0n) is 11.3. The van der Waals surface area contributed by atoms with Crippen LogP contribution < -0.4 is 10.1 Å². The molecular weight excluding hydrogens is 270 g/mol. The lowest BCUT2D eigenvalue weighted by atomic mass is 10.2. The summed E-state index contributed by atoms with van der Waals surface area (Å²) in [5, 5.41) is 20.6. The highest BCUT2D eigenvalue weighted by Gasteiger charge is 2.13. The van der Waals surface area contributed by atoms with Gasteiger partial charge in [0.2, 0.25) is 0 Å². The second kappa shape index (κ2) is 5.54. The number of hydrogen-bond acceptors (Lipinski definition) is 6. The van der Waals surface area contributed by atoms with E-state index in [-0.39, 0.29) is 17.7 Å². The third kappa shape index (κ3) is 2.64. The molecule has 0 aliphatic heterocycles. The minimum absolute atomic E-state index is 0.0880. The smallest absolute Gasteiger partial charge is 0.320 e. The SMILES string of the molecule is COc1ccccc1Nc1nnc(-c2ccccc2O)o1. The van der Waals surface area contributed by atoms with Crippen LogP contribution in [0.25, 0.3) is 11.5 Å². The Morgan fingerprint density at radius 3 is 2.62 bits per heavy atom. The van der Waals surface area contributed by atoms with Crippen molar-refractivity contribution in [1.29, 1.82) is 0 Å². The van der Waals surface area contributed by atoms with Gasteiger partial charge in [0, 0.05) is 0 Å². The molecule has 3 aromatic rings. The molecule has 1 heterocycles. The van der Waals surface area contributed by atoms with Crippen LogP contribution in [-0.4, -0.2) is 22.4 Å². The number of hydrogen-bond donors (Lipinski definition) is 2. The molecule has 6 heteroatoms. The molecule has 0 unspecified atom stereocenters. The van der Waals surface area contributed by atoms with Gasteiger partial charge in [-0.2, -0.15) is 0 Å². The topological polar surface area (TPSA) is 80.4 Å². The summed E-state index contributed by atoms with van der Waals surface area (Å²) in [4.78, 5) is 0. The van der Waals surface area contributed by atoms with Gasteiger partial charge in [-0.3, -0.25) is 0 Å². The number of methoxy groups -OCH3 is 1. The van der Waals surface area contributed by atoms with E-state index in [4.69, 9.17) is 9.15 Å². The maximum Gasteiger partial charge on any atom is 0.320 e. The summed E-state index contributed by atoms with van der Waals surface area (Å²) in [7, 11) is 1.59.